The van der Waals surface area contributed by atoms with Gasteiger partial charge in [-0.05, 0) is 56.1 Å². The van der Waals surface area contributed by atoms with E-state index >= 15 is 4.39 Å². The number of ether oxygens (including phenoxy) is 1. The predicted octanol–water partition coefficient (Wildman–Crippen LogP) is 5.90. The number of anilines is 1. The van der Waals surface area contributed by atoms with Crippen LogP contribution in [0.4, 0.5) is 10.2 Å². The lowest BCUT2D eigenvalue weighted by Crippen LogP contribution is -2.56. The summed E-state index contributed by atoms with van der Waals surface area (Å²) in [5.74, 6) is -0.0822. The van der Waals surface area contributed by atoms with Crippen LogP contribution in [0.25, 0.3) is 37.0 Å². The zero-order valence-electron chi connectivity index (χ0n) is 23.2. The van der Waals surface area contributed by atoms with Gasteiger partial charge >= 0.3 is 6.01 Å². The van der Waals surface area contributed by atoms with Crippen LogP contribution in [0.3, 0.4) is 0 Å². The molecule has 2 saturated heterocycles. The Balaban J connectivity index is 1.44. The number of amides is 1. The summed E-state index contributed by atoms with van der Waals surface area (Å²) in [5.41, 5.74) is 1.72. The molecule has 0 aliphatic carbocycles. The van der Waals surface area contributed by atoms with Crippen molar-refractivity contribution >= 4 is 55.7 Å². The molecule has 2 aliphatic rings. The van der Waals surface area contributed by atoms with Gasteiger partial charge in [-0.1, -0.05) is 36.4 Å². The second-order valence-electron chi connectivity index (χ2n) is 10.7. The molecule has 4 aromatic rings. The molecular weight excluding hydrogens is 575 g/mol. The number of likely N-dealkylation sites (tertiary alicyclic amines) is 1. The van der Waals surface area contributed by atoms with Gasteiger partial charge in [-0.25, -0.2) is 11.0 Å². The molecule has 2 fully saturated rings. The number of hydrogen-bond acceptors (Lipinski definition) is 7. The van der Waals surface area contributed by atoms with Gasteiger partial charge in [0.2, 0.25) is 12.5 Å². The molecule has 11 heteroatoms. The fourth-order valence-electron chi connectivity index (χ4n) is 5.95. The van der Waals surface area contributed by atoms with E-state index in [1.54, 1.807) is 11.0 Å². The van der Waals surface area contributed by atoms with E-state index in [4.69, 9.17) is 32.9 Å². The molecule has 1 amide bonds. The summed E-state index contributed by atoms with van der Waals surface area (Å²) >= 11 is 7.72. The first kappa shape index (κ1) is 28.3. The number of aromatic nitrogens is 2. The highest BCUT2D eigenvalue weighted by Gasteiger charge is 2.33. The second-order valence-corrected chi connectivity index (χ2v) is 12.4. The lowest BCUT2D eigenvalue weighted by molar-refractivity contribution is -0.128. The van der Waals surface area contributed by atoms with E-state index in [1.807, 2.05) is 29.2 Å². The summed E-state index contributed by atoms with van der Waals surface area (Å²) in [6.07, 6.45) is 3.43. The number of piperazine rings is 1. The highest BCUT2D eigenvalue weighted by molar-refractivity contribution is 7.23. The molecule has 4 heterocycles. The van der Waals surface area contributed by atoms with E-state index in [0.29, 0.717) is 52.9 Å². The van der Waals surface area contributed by atoms with Gasteiger partial charge in [0.15, 0.2) is 0 Å². The molecule has 0 spiro atoms. The summed E-state index contributed by atoms with van der Waals surface area (Å²) in [6, 6.07) is 11.0. The summed E-state index contributed by atoms with van der Waals surface area (Å²) in [7, 11) is 2.09. The predicted molar refractivity (Wildman–Crippen MR) is 166 cm³/mol. The molecule has 2 atom stereocenters. The number of likely N-dealkylation sites (N-methyl/N-ethyl adjacent to an activating group) is 1. The van der Waals surface area contributed by atoms with Gasteiger partial charge < -0.3 is 24.3 Å². The third-order valence-corrected chi connectivity index (χ3v) is 9.48. The molecule has 0 saturated carbocycles. The quantitative estimate of drug-likeness (QED) is 0.193. The number of hydrogen-bond donors (Lipinski definition) is 0. The molecule has 0 N–H and O–H groups in total. The van der Waals surface area contributed by atoms with Crippen LogP contribution in [0.5, 0.6) is 6.01 Å². The molecule has 42 heavy (non-hydrogen) atoms. The highest BCUT2D eigenvalue weighted by Crippen LogP contribution is 2.40. The fourth-order valence-corrected chi connectivity index (χ4v) is 7.21. The van der Waals surface area contributed by atoms with Crippen LogP contribution in [0, 0.1) is 12.4 Å². The number of benzene rings is 2. The number of halogens is 2. The maximum Gasteiger partial charge on any atom is 0.319 e. The van der Waals surface area contributed by atoms with E-state index in [0.717, 1.165) is 35.0 Å². The van der Waals surface area contributed by atoms with Gasteiger partial charge in [0.1, 0.15) is 24.3 Å². The molecule has 6 rings (SSSR count). The van der Waals surface area contributed by atoms with Crippen molar-refractivity contribution < 1.29 is 13.9 Å². The number of carbonyl (C=O) groups is 1. The van der Waals surface area contributed by atoms with Gasteiger partial charge in [0, 0.05) is 46.9 Å². The summed E-state index contributed by atoms with van der Waals surface area (Å²) in [6.45, 7) is 13.9. The maximum absolute atomic E-state index is 16.0. The molecule has 2 aromatic heterocycles. The number of carbonyl (C=O) groups excluding carboxylic acids is 1. The van der Waals surface area contributed by atoms with Gasteiger partial charge in [-0.15, -0.1) is 11.3 Å². The Bertz CT molecular complexity index is 1720. The molecule has 2 aromatic carbocycles. The smallest absolute Gasteiger partial charge is 0.319 e. The van der Waals surface area contributed by atoms with Crippen molar-refractivity contribution in [1.29, 1.82) is 0 Å². The average Bonchev–Trinajstić information content (AvgIpc) is 3.59. The van der Waals surface area contributed by atoms with Crippen LogP contribution in [-0.2, 0) is 4.79 Å². The minimum absolute atomic E-state index is 0.141. The highest BCUT2D eigenvalue weighted by atomic mass is 35.5. The molecule has 2 aliphatic heterocycles. The standard InChI is InChI=1S/C31H30ClFN6O2S/c1-4-28(40)39-12-11-38(17-21(39)16-34-2)30-24-14-25(33)23(22-9-5-7-19-13-27(32)42-29(19)22)15-26(24)35-31(36-30)41-18-20-8-6-10-37(20)3/h4-5,7,9,13-15,20-21H,1,6,8,10-12,16-18H2,3H3/t20-,21-/m0/s1. The van der Waals surface area contributed by atoms with Crippen LogP contribution in [0.15, 0.2) is 49.1 Å². The zero-order chi connectivity index (χ0) is 29.4. The van der Waals surface area contributed by atoms with Gasteiger partial charge in [-0.3, -0.25) is 4.79 Å². The first-order valence-electron chi connectivity index (χ1n) is 13.9. The Labute approximate surface area is 252 Å². The van der Waals surface area contributed by atoms with Crippen LogP contribution in [-0.4, -0.2) is 84.1 Å². The van der Waals surface area contributed by atoms with Crippen molar-refractivity contribution in [2.45, 2.75) is 24.9 Å². The zero-order valence-corrected chi connectivity index (χ0v) is 24.8. The number of nitrogens with zero attached hydrogens (tertiary/aromatic N) is 6. The Morgan fingerprint density at radius 1 is 1.24 bits per heavy atom. The van der Waals surface area contributed by atoms with E-state index in [9.17, 15) is 4.79 Å². The minimum Gasteiger partial charge on any atom is -0.462 e. The first-order chi connectivity index (χ1) is 20.4. The number of fused-ring (bicyclic) bond motifs is 2. The summed E-state index contributed by atoms with van der Waals surface area (Å²) in [5, 5.41) is 1.50. The molecule has 0 radical (unpaired) electrons. The Morgan fingerprint density at radius 2 is 2.10 bits per heavy atom. The normalized spacial score (nSPS) is 19.4. The van der Waals surface area contributed by atoms with E-state index < -0.39 is 5.82 Å². The van der Waals surface area contributed by atoms with Crippen molar-refractivity contribution in [2.24, 2.45) is 0 Å². The lowest BCUT2D eigenvalue weighted by atomic mass is 10.0. The minimum atomic E-state index is -0.399. The van der Waals surface area contributed by atoms with Crippen molar-refractivity contribution in [1.82, 2.24) is 19.8 Å². The number of thiophene rings is 1. The average molecular weight is 605 g/mol. The Hall–Kier alpha value is -3.78. The third-order valence-electron chi connectivity index (χ3n) is 8.17. The lowest BCUT2D eigenvalue weighted by Gasteiger charge is -2.39. The molecule has 216 valence electrons. The topological polar surface area (TPSA) is 66.2 Å². The van der Waals surface area contributed by atoms with Crippen molar-refractivity contribution in [3.05, 3.63) is 70.6 Å². The second kappa shape index (κ2) is 11.8. The van der Waals surface area contributed by atoms with Crippen molar-refractivity contribution in [3.63, 3.8) is 0 Å². The fraction of sp³-hybridized carbons (Fsp3) is 0.355. The largest absolute Gasteiger partial charge is 0.462 e. The van der Waals surface area contributed by atoms with Crippen LogP contribution < -0.4 is 9.64 Å². The SMILES string of the molecule is [C-]#[N+]C[C@H]1CN(c2nc(OC[C@@H]3CCCN3C)nc3cc(-c4cccc5cc(Cl)sc45)c(F)cc23)CCN1C(=O)C=C. The molecular formula is C31H30ClFN6O2S. The van der Waals surface area contributed by atoms with Crippen LogP contribution in [0.1, 0.15) is 12.8 Å². The van der Waals surface area contributed by atoms with Gasteiger partial charge in [-0.2, -0.15) is 9.97 Å². The summed E-state index contributed by atoms with van der Waals surface area (Å²) in [4.78, 5) is 31.5. The molecule has 8 nitrogen and oxygen atoms in total. The monoisotopic (exact) mass is 604 g/mol. The molecule has 0 bridgehead atoms. The molecule has 0 unspecified atom stereocenters. The van der Waals surface area contributed by atoms with E-state index in [-0.39, 0.29) is 30.5 Å². The van der Waals surface area contributed by atoms with E-state index in [2.05, 4.69) is 23.4 Å². The van der Waals surface area contributed by atoms with Crippen molar-refractivity contribution in [3.8, 4) is 17.1 Å². The van der Waals surface area contributed by atoms with Crippen LogP contribution >= 0.6 is 22.9 Å². The van der Waals surface area contributed by atoms with E-state index in [1.165, 1.54) is 23.5 Å². The van der Waals surface area contributed by atoms with Gasteiger partial charge in [0.25, 0.3) is 0 Å². The third kappa shape index (κ3) is 5.40. The van der Waals surface area contributed by atoms with Crippen molar-refractivity contribution in [2.75, 3.05) is 51.3 Å². The van der Waals surface area contributed by atoms with Crippen LogP contribution in [0.2, 0.25) is 4.34 Å². The Morgan fingerprint density at radius 3 is 2.86 bits per heavy atom. The first-order valence-corrected chi connectivity index (χ1v) is 15.1. The van der Waals surface area contributed by atoms with Gasteiger partial charge in [0.05, 0.1) is 9.85 Å². The number of rotatable bonds is 7. The Kier molecular flexibility index (Phi) is 7.99. The summed E-state index contributed by atoms with van der Waals surface area (Å²) < 4.78 is 23.7. The maximum atomic E-state index is 16.0.